The molecule has 2 aromatic rings. The molecule has 5 nitrogen and oxygen atoms in total. The summed E-state index contributed by atoms with van der Waals surface area (Å²) in [5, 5.41) is 14.3. The molecule has 2 aromatic heterocycles. The number of nitrogens with zero attached hydrogens (tertiary/aromatic N) is 3. The lowest BCUT2D eigenvalue weighted by Gasteiger charge is -2.04. The van der Waals surface area contributed by atoms with Gasteiger partial charge in [0, 0.05) is 24.0 Å². The van der Waals surface area contributed by atoms with E-state index in [-0.39, 0.29) is 0 Å². The molecule has 0 amide bonds. The van der Waals surface area contributed by atoms with Crippen molar-refractivity contribution in [1.82, 2.24) is 20.5 Å². The maximum atomic E-state index is 4.97. The van der Waals surface area contributed by atoms with E-state index >= 15 is 0 Å². The predicted molar refractivity (Wildman–Crippen MR) is 71.7 cm³/mol. The van der Waals surface area contributed by atoms with Crippen molar-refractivity contribution in [3.8, 4) is 16.6 Å². The highest BCUT2D eigenvalue weighted by atomic mass is 32.1. The monoisotopic (exact) mass is 264 g/mol. The molecule has 0 saturated carbocycles. The van der Waals surface area contributed by atoms with Gasteiger partial charge < -0.3 is 10.1 Å². The summed E-state index contributed by atoms with van der Waals surface area (Å²) in [7, 11) is 1.57. The van der Waals surface area contributed by atoms with E-state index in [1.807, 2.05) is 11.4 Å². The fraction of sp³-hybridized carbons (Fsp3) is 0.417. The minimum absolute atomic E-state index is 0.455. The summed E-state index contributed by atoms with van der Waals surface area (Å²) in [5.74, 6) is 0.511. The van der Waals surface area contributed by atoms with Gasteiger partial charge in [-0.1, -0.05) is 13.8 Å². The molecule has 2 rings (SSSR count). The number of ether oxygens (including phenoxy) is 1. The first-order valence-electron chi connectivity index (χ1n) is 5.75. The van der Waals surface area contributed by atoms with E-state index in [1.165, 1.54) is 0 Å². The summed E-state index contributed by atoms with van der Waals surface area (Å²) < 4.78 is 4.97. The summed E-state index contributed by atoms with van der Waals surface area (Å²) in [6.07, 6.45) is 0. The van der Waals surface area contributed by atoms with Crippen molar-refractivity contribution in [3.05, 3.63) is 23.2 Å². The van der Waals surface area contributed by atoms with Gasteiger partial charge in [0.1, 0.15) is 10.7 Å². The minimum atomic E-state index is 0.455. The predicted octanol–water partition coefficient (Wildman–Crippen LogP) is 2.11. The Kier molecular flexibility index (Phi) is 4.22. The van der Waals surface area contributed by atoms with Crippen molar-refractivity contribution in [2.24, 2.45) is 0 Å². The molecule has 1 N–H and O–H groups in total. The quantitative estimate of drug-likeness (QED) is 0.896. The standard InChI is InChI=1S/C12H16N4OS/c1-8(2)13-6-9-7-18-12(14-9)10-4-5-11(17-3)16-15-10/h4-5,7-8,13H,6H2,1-3H3. The van der Waals surface area contributed by atoms with Crippen LogP contribution < -0.4 is 10.1 Å². The Hall–Kier alpha value is -1.53. The first-order valence-corrected chi connectivity index (χ1v) is 6.63. The van der Waals surface area contributed by atoms with Crippen LogP contribution in [0.1, 0.15) is 19.5 Å². The zero-order valence-corrected chi connectivity index (χ0v) is 11.5. The number of methoxy groups -OCH3 is 1. The second-order valence-corrected chi connectivity index (χ2v) is 5.00. The molecule has 0 aliphatic rings. The Balaban J connectivity index is 2.08. The van der Waals surface area contributed by atoms with E-state index < -0.39 is 0 Å². The normalized spacial score (nSPS) is 10.9. The van der Waals surface area contributed by atoms with Crippen molar-refractivity contribution in [2.45, 2.75) is 26.4 Å². The SMILES string of the molecule is COc1ccc(-c2nc(CNC(C)C)cs2)nn1. The third kappa shape index (κ3) is 3.24. The molecule has 0 aliphatic carbocycles. The van der Waals surface area contributed by atoms with Crippen LogP contribution in [0, 0.1) is 0 Å². The molecule has 0 aromatic carbocycles. The van der Waals surface area contributed by atoms with Crippen molar-refractivity contribution < 1.29 is 4.74 Å². The molecule has 6 heteroatoms. The van der Waals surface area contributed by atoms with Gasteiger partial charge in [-0.05, 0) is 6.07 Å². The molecule has 18 heavy (non-hydrogen) atoms. The number of hydrogen-bond acceptors (Lipinski definition) is 6. The fourth-order valence-corrected chi connectivity index (χ4v) is 2.14. The van der Waals surface area contributed by atoms with Crippen molar-refractivity contribution >= 4 is 11.3 Å². The van der Waals surface area contributed by atoms with Gasteiger partial charge in [-0.3, -0.25) is 0 Å². The Morgan fingerprint density at radius 2 is 2.17 bits per heavy atom. The molecular formula is C12H16N4OS. The van der Waals surface area contributed by atoms with E-state index in [0.29, 0.717) is 11.9 Å². The van der Waals surface area contributed by atoms with E-state index in [9.17, 15) is 0 Å². The third-order valence-corrected chi connectivity index (χ3v) is 3.23. The molecule has 0 fully saturated rings. The fourth-order valence-electron chi connectivity index (χ4n) is 1.36. The van der Waals surface area contributed by atoms with E-state index in [0.717, 1.165) is 22.9 Å². The zero-order chi connectivity index (χ0) is 13.0. The Morgan fingerprint density at radius 3 is 2.78 bits per heavy atom. The molecule has 0 spiro atoms. The Labute approximate surface area is 110 Å². The van der Waals surface area contributed by atoms with E-state index in [4.69, 9.17) is 4.74 Å². The first-order chi connectivity index (χ1) is 8.69. The first kappa shape index (κ1) is 12.9. The molecule has 0 saturated heterocycles. The van der Waals surface area contributed by atoms with Gasteiger partial charge in [0.05, 0.1) is 12.8 Å². The van der Waals surface area contributed by atoms with Gasteiger partial charge in [0.25, 0.3) is 0 Å². The maximum Gasteiger partial charge on any atom is 0.233 e. The smallest absolute Gasteiger partial charge is 0.233 e. The topological polar surface area (TPSA) is 59.9 Å². The molecule has 0 unspecified atom stereocenters. The van der Waals surface area contributed by atoms with Gasteiger partial charge in [0.15, 0.2) is 0 Å². The lowest BCUT2D eigenvalue weighted by molar-refractivity contribution is 0.392. The summed E-state index contributed by atoms with van der Waals surface area (Å²) in [5.41, 5.74) is 1.80. The van der Waals surface area contributed by atoms with Crippen LogP contribution in [0.25, 0.3) is 10.7 Å². The zero-order valence-electron chi connectivity index (χ0n) is 10.7. The van der Waals surface area contributed by atoms with Gasteiger partial charge in [-0.2, -0.15) is 0 Å². The Bertz CT molecular complexity index is 495. The van der Waals surface area contributed by atoms with Crippen molar-refractivity contribution in [1.29, 1.82) is 0 Å². The average Bonchev–Trinajstić information content (AvgIpc) is 2.85. The van der Waals surface area contributed by atoms with Crippen LogP contribution in [-0.4, -0.2) is 28.3 Å². The third-order valence-electron chi connectivity index (χ3n) is 2.31. The molecule has 96 valence electrons. The number of nitrogens with one attached hydrogen (secondary N) is 1. The van der Waals surface area contributed by atoms with Gasteiger partial charge in [0.2, 0.25) is 5.88 Å². The van der Waals surface area contributed by atoms with E-state index in [2.05, 4.69) is 34.3 Å². The second-order valence-electron chi connectivity index (χ2n) is 4.14. The number of hydrogen-bond donors (Lipinski definition) is 1. The molecule has 0 radical (unpaired) electrons. The molecule has 0 aliphatic heterocycles. The number of rotatable bonds is 5. The minimum Gasteiger partial charge on any atom is -0.480 e. The molecule has 0 bridgehead atoms. The highest BCUT2D eigenvalue weighted by Gasteiger charge is 2.07. The van der Waals surface area contributed by atoms with Crippen LogP contribution in [0.4, 0.5) is 0 Å². The van der Waals surface area contributed by atoms with Crippen molar-refractivity contribution in [2.75, 3.05) is 7.11 Å². The molecular weight excluding hydrogens is 248 g/mol. The van der Waals surface area contributed by atoms with Crippen LogP contribution in [0.15, 0.2) is 17.5 Å². The van der Waals surface area contributed by atoms with Gasteiger partial charge in [-0.15, -0.1) is 21.5 Å². The van der Waals surface area contributed by atoms with Gasteiger partial charge >= 0.3 is 0 Å². The van der Waals surface area contributed by atoms with Crippen LogP contribution in [0.2, 0.25) is 0 Å². The average molecular weight is 264 g/mol. The van der Waals surface area contributed by atoms with Crippen LogP contribution in [0.3, 0.4) is 0 Å². The van der Waals surface area contributed by atoms with Crippen LogP contribution in [-0.2, 0) is 6.54 Å². The lowest BCUT2D eigenvalue weighted by atomic mass is 10.3. The largest absolute Gasteiger partial charge is 0.480 e. The number of thiazole rings is 1. The highest BCUT2D eigenvalue weighted by molar-refractivity contribution is 7.13. The Morgan fingerprint density at radius 1 is 1.33 bits per heavy atom. The second kappa shape index (κ2) is 5.88. The van der Waals surface area contributed by atoms with Crippen molar-refractivity contribution in [3.63, 3.8) is 0 Å². The van der Waals surface area contributed by atoms with E-state index in [1.54, 1.807) is 24.5 Å². The number of aromatic nitrogens is 3. The maximum absolute atomic E-state index is 4.97. The highest BCUT2D eigenvalue weighted by Crippen LogP contribution is 2.22. The summed E-state index contributed by atoms with van der Waals surface area (Å²) in [6.45, 7) is 5.00. The summed E-state index contributed by atoms with van der Waals surface area (Å²) >= 11 is 1.57. The lowest BCUT2D eigenvalue weighted by Crippen LogP contribution is -2.21. The van der Waals surface area contributed by atoms with Crippen LogP contribution >= 0.6 is 11.3 Å². The van der Waals surface area contributed by atoms with Crippen LogP contribution in [0.5, 0.6) is 5.88 Å². The molecule has 2 heterocycles. The summed E-state index contributed by atoms with van der Waals surface area (Å²) in [4.78, 5) is 4.52. The summed E-state index contributed by atoms with van der Waals surface area (Å²) in [6, 6.07) is 4.11. The molecule has 0 atom stereocenters. The van der Waals surface area contributed by atoms with Gasteiger partial charge in [-0.25, -0.2) is 4.98 Å².